The monoisotopic (exact) mass is 249 g/mol. The Labute approximate surface area is 109 Å². The van der Waals surface area contributed by atoms with Crippen molar-refractivity contribution < 1.29 is 9.47 Å². The summed E-state index contributed by atoms with van der Waals surface area (Å²) in [5.41, 5.74) is 1.30. The van der Waals surface area contributed by atoms with E-state index in [-0.39, 0.29) is 0 Å². The third-order valence-electron chi connectivity index (χ3n) is 3.50. The molecule has 0 amide bonds. The van der Waals surface area contributed by atoms with Crippen molar-refractivity contribution in [1.29, 1.82) is 0 Å². The summed E-state index contributed by atoms with van der Waals surface area (Å²) in [6, 6.07) is 8.73. The van der Waals surface area contributed by atoms with Gasteiger partial charge in [-0.2, -0.15) is 0 Å². The van der Waals surface area contributed by atoms with Crippen LogP contribution in [0.4, 0.5) is 0 Å². The van der Waals surface area contributed by atoms with E-state index < -0.39 is 0 Å². The molecule has 1 aliphatic rings. The fourth-order valence-electron chi connectivity index (χ4n) is 2.51. The number of rotatable bonds is 6. The van der Waals surface area contributed by atoms with Crippen LogP contribution in [0.1, 0.15) is 31.4 Å². The van der Waals surface area contributed by atoms with Crippen LogP contribution in [0.25, 0.3) is 0 Å². The summed E-state index contributed by atoms with van der Waals surface area (Å²) in [5.74, 6) is 1.50. The Morgan fingerprint density at radius 2 is 2.39 bits per heavy atom. The van der Waals surface area contributed by atoms with Crippen LogP contribution in [0, 0.1) is 5.92 Å². The van der Waals surface area contributed by atoms with E-state index in [1.165, 1.54) is 5.56 Å². The molecule has 2 rings (SSSR count). The van der Waals surface area contributed by atoms with E-state index in [0.29, 0.717) is 12.0 Å². The number of methoxy groups -OCH3 is 1. The molecule has 1 aromatic rings. The molecule has 1 aromatic carbocycles. The van der Waals surface area contributed by atoms with Crippen molar-refractivity contribution in [2.45, 2.75) is 25.8 Å². The number of benzene rings is 1. The van der Waals surface area contributed by atoms with Crippen LogP contribution in [-0.2, 0) is 4.74 Å². The molecule has 100 valence electrons. The molecule has 1 aliphatic heterocycles. The van der Waals surface area contributed by atoms with Crippen molar-refractivity contribution in [3.8, 4) is 5.75 Å². The predicted octanol–water partition coefficient (Wildman–Crippen LogP) is 2.77. The van der Waals surface area contributed by atoms with Crippen LogP contribution >= 0.6 is 0 Å². The molecule has 0 aromatic heterocycles. The average Bonchev–Trinajstić information content (AvgIpc) is 2.93. The third kappa shape index (κ3) is 3.24. The van der Waals surface area contributed by atoms with Crippen molar-refractivity contribution in [2.24, 2.45) is 5.92 Å². The molecule has 3 nitrogen and oxygen atoms in total. The fourth-order valence-corrected chi connectivity index (χ4v) is 2.51. The van der Waals surface area contributed by atoms with E-state index in [4.69, 9.17) is 9.47 Å². The van der Waals surface area contributed by atoms with Crippen LogP contribution in [0.3, 0.4) is 0 Å². The van der Waals surface area contributed by atoms with Crippen molar-refractivity contribution >= 4 is 0 Å². The van der Waals surface area contributed by atoms with Crippen molar-refractivity contribution in [2.75, 3.05) is 26.9 Å². The summed E-state index contributed by atoms with van der Waals surface area (Å²) in [5, 5.41) is 3.64. The molecule has 2 unspecified atom stereocenters. The summed E-state index contributed by atoms with van der Waals surface area (Å²) in [7, 11) is 1.71. The minimum atomic E-state index is 0.377. The Hall–Kier alpha value is -1.06. The van der Waals surface area contributed by atoms with Gasteiger partial charge in [-0.25, -0.2) is 0 Å². The van der Waals surface area contributed by atoms with Gasteiger partial charge in [0.25, 0.3) is 0 Å². The smallest absolute Gasteiger partial charge is 0.119 e. The van der Waals surface area contributed by atoms with Crippen LogP contribution < -0.4 is 10.1 Å². The van der Waals surface area contributed by atoms with E-state index in [1.807, 2.05) is 6.07 Å². The maximum atomic E-state index is 5.52. The third-order valence-corrected chi connectivity index (χ3v) is 3.50. The SMILES string of the molecule is CCCNC(c1cccc(OC)c1)C1CCOC1. The highest BCUT2D eigenvalue weighted by Crippen LogP contribution is 2.30. The van der Waals surface area contributed by atoms with Crippen LogP contribution in [0.15, 0.2) is 24.3 Å². The fraction of sp³-hybridized carbons (Fsp3) is 0.600. The van der Waals surface area contributed by atoms with Crippen LogP contribution in [0.5, 0.6) is 5.75 Å². The van der Waals surface area contributed by atoms with Gasteiger partial charge in [-0.1, -0.05) is 19.1 Å². The Balaban J connectivity index is 2.14. The summed E-state index contributed by atoms with van der Waals surface area (Å²) in [4.78, 5) is 0. The highest BCUT2D eigenvalue weighted by atomic mass is 16.5. The molecule has 2 atom stereocenters. The molecule has 1 saturated heterocycles. The maximum absolute atomic E-state index is 5.52. The van der Waals surface area contributed by atoms with E-state index in [2.05, 4.69) is 30.4 Å². The first-order valence-corrected chi connectivity index (χ1v) is 6.80. The highest BCUT2D eigenvalue weighted by Gasteiger charge is 2.26. The largest absolute Gasteiger partial charge is 0.497 e. The first kappa shape index (κ1) is 13.4. The minimum absolute atomic E-state index is 0.377. The second-order valence-corrected chi connectivity index (χ2v) is 4.83. The second kappa shape index (κ2) is 6.76. The van der Waals surface area contributed by atoms with Crippen molar-refractivity contribution in [1.82, 2.24) is 5.32 Å². The summed E-state index contributed by atoms with van der Waals surface area (Å²) in [6.45, 7) is 4.98. The predicted molar refractivity (Wildman–Crippen MR) is 73.0 cm³/mol. The average molecular weight is 249 g/mol. The van der Waals surface area contributed by atoms with E-state index >= 15 is 0 Å². The molecule has 18 heavy (non-hydrogen) atoms. The lowest BCUT2D eigenvalue weighted by Crippen LogP contribution is -2.29. The molecule has 0 bridgehead atoms. The summed E-state index contributed by atoms with van der Waals surface area (Å²) >= 11 is 0. The van der Waals surface area contributed by atoms with Gasteiger partial charge in [0, 0.05) is 18.6 Å². The Morgan fingerprint density at radius 3 is 3.06 bits per heavy atom. The van der Waals surface area contributed by atoms with E-state index in [1.54, 1.807) is 7.11 Å². The van der Waals surface area contributed by atoms with Gasteiger partial charge in [-0.15, -0.1) is 0 Å². The van der Waals surface area contributed by atoms with Gasteiger partial charge >= 0.3 is 0 Å². The summed E-state index contributed by atoms with van der Waals surface area (Å²) in [6.07, 6.45) is 2.28. The topological polar surface area (TPSA) is 30.5 Å². The van der Waals surface area contributed by atoms with Crippen LogP contribution in [-0.4, -0.2) is 26.9 Å². The lowest BCUT2D eigenvalue weighted by Gasteiger charge is -2.24. The van der Waals surface area contributed by atoms with Gasteiger partial charge in [0.15, 0.2) is 0 Å². The van der Waals surface area contributed by atoms with Gasteiger partial charge in [0.1, 0.15) is 5.75 Å². The Bertz CT molecular complexity index is 361. The molecule has 3 heteroatoms. The number of hydrogen-bond acceptors (Lipinski definition) is 3. The van der Waals surface area contributed by atoms with E-state index in [0.717, 1.165) is 38.3 Å². The Morgan fingerprint density at radius 1 is 1.50 bits per heavy atom. The molecule has 0 spiro atoms. The Kier molecular flexibility index (Phi) is 5.02. The van der Waals surface area contributed by atoms with Gasteiger partial charge < -0.3 is 14.8 Å². The molecule has 1 N–H and O–H groups in total. The van der Waals surface area contributed by atoms with Crippen molar-refractivity contribution in [3.05, 3.63) is 29.8 Å². The highest BCUT2D eigenvalue weighted by molar-refractivity contribution is 5.31. The number of hydrogen-bond donors (Lipinski definition) is 1. The second-order valence-electron chi connectivity index (χ2n) is 4.83. The van der Waals surface area contributed by atoms with Crippen molar-refractivity contribution in [3.63, 3.8) is 0 Å². The van der Waals surface area contributed by atoms with Gasteiger partial charge in [-0.3, -0.25) is 0 Å². The molecule has 0 saturated carbocycles. The lowest BCUT2D eigenvalue weighted by atomic mass is 9.92. The zero-order chi connectivity index (χ0) is 12.8. The zero-order valence-corrected chi connectivity index (χ0v) is 11.3. The minimum Gasteiger partial charge on any atom is -0.497 e. The molecular formula is C15H23NO2. The normalized spacial score (nSPS) is 20.9. The van der Waals surface area contributed by atoms with Gasteiger partial charge in [-0.05, 0) is 37.1 Å². The van der Waals surface area contributed by atoms with Gasteiger partial charge in [0.2, 0.25) is 0 Å². The van der Waals surface area contributed by atoms with Crippen LogP contribution in [0.2, 0.25) is 0 Å². The quantitative estimate of drug-likeness (QED) is 0.841. The zero-order valence-electron chi connectivity index (χ0n) is 11.3. The number of nitrogens with one attached hydrogen (secondary N) is 1. The number of ether oxygens (including phenoxy) is 2. The molecule has 1 heterocycles. The van der Waals surface area contributed by atoms with Gasteiger partial charge in [0.05, 0.1) is 13.7 Å². The molecule has 0 radical (unpaired) electrons. The standard InChI is InChI=1S/C15H23NO2/c1-3-8-16-15(13-7-9-18-11-13)12-5-4-6-14(10-12)17-2/h4-6,10,13,15-16H,3,7-9,11H2,1-2H3. The first-order chi connectivity index (χ1) is 8.85. The molecule has 0 aliphatic carbocycles. The summed E-state index contributed by atoms with van der Waals surface area (Å²) < 4.78 is 10.8. The molecule has 1 fully saturated rings. The lowest BCUT2D eigenvalue weighted by molar-refractivity contribution is 0.176. The molecular weight excluding hydrogens is 226 g/mol. The first-order valence-electron chi connectivity index (χ1n) is 6.80. The van der Waals surface area contributed by atoms with E-state index in [9.17, 15) is 0 Å². The maximum Gasteiger partial charge on any atom is 0.119 e.